The molecule has 30 heavy (non-hydrogen) atoms. The second kappa shape index (κ2) is 6.85. The fourth-order valence-corrected chi connectivity index (χ4v) is 3.56. The molecule has 3 N–H and O–H groups in total. The number of hydrogen-bond acceptors (Lipinski definition) is 4. The van der Waals surface area contributed by atoms with E-state index in [-0.39, 0.29) is 13.0 Å². The van der Waals surface area contributed by atoms with Crippen LogP contribution >= 0.6 is 0 Å². The lowest BCUT2D eigenvalue weighted by Gasteiger charge is -2.30. The molecule has 1 saturated carbocycles. The van der Waals surface area contributed by atoms with Gasteiger partial charge in [0.2, 0.25) is 11.4 Å². The summed E-state index contributed by atoms with van der Waals surface area (Å²) in [5.41, 5.74) is -6.11. The summed E-state index contributed by atoms with van der Waals surface area (Å²) in [4.78, 5) is 51.3. The van der Waals surface area contributed by atoms with E-state index in [4.69, 9.17) is 0 Å². The molecular weight excluding hydrogens is 405 g/mol. The summed E-state index contributed by atoms with van der Waals surface area (Å²) in [5, 5.41) is 3.77. The van der Waals surface area contributed by atoms with E-state index in [9.17, 15) is 32.3 Å². The van der Waals surface area contributed by atoms with Gasteiger partial charge in [-0.2, -0.15) is 13.2 Å². The van der Waals surface area contributed by atoms with Crippen molar-refractivity contribution in [3.05, 3.63) is 62.3 Å². The molecule has 0 spiro atoms. The lowest BCUT2D eigenvalue weighted by Crippen LogP contribution is -2.62. The highest BCUT2D eigenvalue weighted by Gasteiger charge is 2.68. The molecule has 1 aromatic heterocycles. The molecule has 158 valence electrons. The van der Waals surface area contributed by atoms with Gasteiger partial charge in [0.25, 0.3) is 11.5 Å². The number of aromatic amines is 1. The lowest BCUT2D eigenvalue weighted by molar-refractivity contribution is -0.201. The van der Waals surface area contributed by atoms with E-state index in [1.165, 1.54) is 0 Å². The molecule has 2 heterocycles. The van der Waals surface area contributed by atoms with E-state index in [0.717, 1.165) is 10.1 Å². The maximum atomic E-state index is 14.1. The number of hydrogen-bond donors (Lipinski definition) is 3. The minimum absolute atomic E-state index is 0.0905. The third kappa shape index (κ3) is 3.10. The molecule has 1 atom stereocenters. The fraction of sp³-hybridized carbons (Fsp3) is 0.368. The van der Waals surface area contributed by atoms with Gasteiger partial charge < -0.3 is 10.6 Å². The van der Waals surface area contributed by atoms with Gasteiger partial charge in [-0.3, -0.25) is 23.9 Å². The molecule has 2 aromatic rings. The van der Waals surface area contributed by atoms with Crippen molar-refractivity contribution in [3.63, 3.8) is 0 Å². The number of nitrogens with one attached hydrogen (secondary N) is 3. The van der Waals surface area contributed by atoms with E-state index >= 15 is 0 Å². The van der Waals surface area contributed by atoms with Gasteiger partial charge >= 0.3 is 11.9 Å². The van der Waals surface area contributed by atoms with Crippen molar-refractivity contribution in [1.82, 2.24) is 14.9 Å². The number of amides is 2. The Morgan fingerprint density at radius 3 is 2.43 bits per heavy atom. The number of carbonyl (C=O) groups is 2. The van der Waals surface area contributed by atoms with Crippen LogP contribution in [-0.4, -0.2) is 27.5 Å². The number of benzene rings is 1. The SMILES string of the molecule is O=C(NC1(C(F)(F)F)C(=O)Nc2c1c(=O)[nH]c(=O)n2CCc1ccccc1)C1CC1. The van der Waals surface area contributed by atoms with Crippen molar-refractivity contribution in [3.8, 4) is 0 Å². The van der Waals surface area contributed by atoms with Crippen molar-refractivity contribution in [2.75, 3.05) is 5.32 Å². The number of alkyl halides is 3. The first-order chi connectivity index (χ1) is 14.1. The van der Waals surface area contributed by atoms with Crippen LogP contribution in [0.1, 0.15) is 24.0 Å². The summed E-state index contributed by atoms with van der Waals surface area (Å²) in [5.74, 6) is -3.78. The Hall–Kier alpha value is -3.37. The van der Waals surface area contributed by atoms with Gasteiger partial charge in [-0.25, -0.2) is 4.79 Å². The molecule has 1 aromatic carbocycles. The normalized spacial score (nSPS) is 20.6. The lowest BCUT2D eigenvalue weighted by atomic mass is 9.91. The Labute approximate surface area is 167 Å². The zero-order valence-corrected chi connectivity index (χ0v) is 15.5. The number of H-pyrrole nitrogens is 1. The van der Waals surface area contributed by atoms with Crippen molar-refractivity contribution in [2.45, 2.75) is 37.5 Å². The van der Waals surface area contributed by atoms with E-state index in [2.05, 4.69) is 0 Å². The summed E-state index contributed by atoms with van der Waals surface area (Å²) in [6.07, 6.45) is -4.23. The highest BCUT2D eigenvalue weighted by Crippen LogP contribution is 2.45. The molecule has 0 radical (unpaired) electrons. The first kappa shape index (κ1) is 19.9. The van der Waals surface area contributed by atoms with Crippen molar-refractivity contribution in [2.24, 2.45) is 5.92 Å². The first-order valence-electron chi connectivity index (χ1n) is 9.27. The standard InChI is InChI=1S/C19H17F3N4O4/c20-19(21,22)18(25-14(27)11-6-7-11)12-13(23-16(18)29)26(17(30)24-15(12)28)9-8-10-4-2-1-3-5-10/h1-5,11H,6-9H2,(H,23,29)(H,25,27)(H,24,28,30). The highest BCUT2D eigenvalue weighted by atomic mass is 19.4. The van der Waals surface area contributed by atoms with Crippen LogP contribution in [0.2, 0.25) is 0 Å². The Morgan fingerprint density at radius 1 is 1.17 bits per heavy atom. The summed E-state index contributed by atoms with van der Waals surface area (Å²) in [6, 6.07) is 8.85. The van der Waals surface area contributed by atoms with Crippen LogP contribution in [0.4, 0.5) is 19.0 Å². The third-order valence-corrected chi connectivity index (χ3v) is 5.30. The van der Waals surface area contributed by atoms with Crippen LogP contribution < -0.4 is 21.9 Å². The maximum Gasteiger partial charge on any atom is 0.425 e. The van der Waals surface area contributed by atoms with Crippen LogP contribution in [0, 0.1) is 5.92 Å². The fourth-order valence-electron chi connectivity index (χ4n) is 3.56. The highest BCUT2D eigenvalue weighted by molar-refractivity contribution is 6.07. The molecule has 4 rings (SSSR count). The zero-order chi connectivity index (χ0) is 21.7. The second-order valence-electron chi connectivity index (χ2n) is 7.34. The molecule has 1 fully saturated rings. The Morgan fingerprint density at radius 2 is 1.83 bits per heavy atom. The molecule has 2 amide bonds. The predicted molar refractivity (Wildman–Crippen MR) is 98.7 cm³/mol. The maximum absolute atomic E-state index is 14.1. The molecule has 1 unspecified atom stereocenters. The summed E-state index contributed by atoms with van der Waals surface area (Å²) < 4.78 is 43.3. The number of nitrogens with zero attached hydrogens (tertiary/aromatic N) is 1. The molecule has 8 nitrogen and oxygen atoms in total. The van der Waals surface area contributed by atoms with Gasteiger partial charge in [0.15, 0.2) is 0 Å². The smallest absolute Gasteiger partial charge is 0.330 e. The third-order valence-electron chi connectivity index (χ3n) is 5.30. The molecular formula is C19H17F3N4O4. The van der Waals surface area contributed by atoms with Gasteiger partial charge in [-0.1, -0.05) is 30.3 Å². The quantitative estimate of drug-likeness (QED) is 0.668. The zero-order valence-electron chi connectivity index (χ0n) is 15.5. The molecule has 1 aliphatic carbocycles. The van der Waals surface area contributed by atoms with E-state index in [1.54, 1.807) is 35.6 Å². The van der Waals surface area contributed by atoms with E-state index < -0.39 is 52.1 Å². The molecule has 1 aliphatic heterocycles. The number of anilines is 1. The first-order valence-corrected chi connectivity index (χ1v) is 9.27. The van der Waals surface area contributed by atoms with Crippen LogP contribution in [-0.2, 0) is 28.1 Å². The van der Waals surface area contributed by atoms with Crippen molar-refractivity contribution in [1.29, 1.82) is 0 Å². The van der Waals surface area contributed by atoms with Crippen LogP contribution in [0.25, 0.3) is 0 Å². The van der Waals surface area contributed by atoms with Gasteiger partial charge in [-0.05, 0) is 24.8 Å². The van der Waals surface area contributed by atoms with Gasteiger partial charge in [0.1, 0.15) is 11.4 Å². The van der Waals surface area contributed by atoms with E-state index in [0.29, 0.717) is 12.8 Å². The largest absolute Gasteiger partial charge is 0.425 e. The van der Waals surface area contributed by atoms with Gasteiger partial charge in [0.05, 0.1) is 0 Å². The summed E-state index contributed by atoms with van der Waals surface area (Å²) in [7, 11) is 0. The van der Waals surface area contributed by atoms with Crippen molar-refractivity contribution >= 4 is 17.6 Å². The average Bonchev–Trinajstić information content (AvgIpc) is 3.47. The number of aromatic nitrogens is 2. The minimum Gasteiger partial charge on any atom is -0.330 e. The molecule has 0 bridgehead atoms. The topological polar surface area (TPSA) is 113 Å². The van der Waals surface area contributed by atoms with E-state index in [1.807, 2.05) is 10.3 Å². The van der Waals surface area contributed by atoms with Crippen LogP contribution in [0.3, 0.4) is 0 Å². The number of fused-ring (bicyclic) bond motifs is 1. The summed E-state index contributed by atoms with van der Waals surface area (Å²) in [6.45, 7) is -0.0905. The second-order valence-corrected chi connectivity index (χ2v) is 7.34. The minimum atomic E-state index is -5.30. The monoisotopic (exact) mass is 422 g/mol. The number of aryl methyl sites for hydroxylation is 1. The Balaban J connectivity index is 1.82. The Kier molecular flexibility index (Phi) is 4.55. The van der Waals surface area contributed by atoms with Gasteiger partial charge in [0, 0.05) is 12.5 Å². The molecule has 2 aliphatic rings. The molecule has 11 heteroatoms. The molecule has 0 saturated heterocycles. The Bertz CT molecular complexity index is 1140. The van der Waals surface area contributed by atoms with Crippen LogP contribution in [0.5, 0.6) is 0 Å². The number of carbonyl (C=O) groups excluding carboxylic acids is 2. The van der Waals surface area contributed by atoms with Crippen LogP contribution in [0.15, 0.2) is 39.9 Å². The average molecular weight is 422 g/mol. The predicted octanol–water partition coefficient (Wildman–Crippen LogP) is 1.02. The van der Waals surface area contributed by atoms with Gasteiger partial charge in [-0.15, -0.1) is 0 Å². The number of rotatable bonds is 5. The summed E-state index contributed by atoms with van der Waals surface area (Å²) >= 11 is 0. The number of halogens is 3. The van der Waals surface area contributed by atoms with Crippen molar-refractivity contribution < 1.29 is 22.8 Å².